The fourth-order valence-corrected chi connectivity index (χ4v) is 1.41. The zero-order chi connectivity index (χ0) is 10.6. The quantitative estimate of drug-likeness (QED) is 0.641. The molecule has 0 heterocycles. The number of carbonyl (C=O) groups is 1. The summed E-state index contributed by atoms with van der Waals surface area (Å²) in [4.78, 5) is 10.8. The molecular formula is C11H20O3. The molecule has 0 unspecified atom stereocenters. The molecule has 0 amide bonds. The molecule has 14 heavy (non-hydrogen) atoms. The van der Waals surface area contributed by atoms with E-state index in [2.05, 4.69) is 13.8 Å². The van der Waals surface area contributed by atoms with E-state index in [-0.39, 0.29) is 0 Å². The van der Waals surface area contributed by atoms with Crippen LogP contribution in [0, 0.1) is 11.3 Å². The number of carboxylic acids is 1. The lowest BCUT2D eigenvalue weighted by Crippen LogP contribution is -2.17. The lowest BCUT2D eigenvalue weighted by atomic mass is 10.0. The molecule has 0 aliphatic heterocycles. The molecule has 3 nitrogen and oxygen atoms in total. The fourth-order valence-electron chi connectivity index (χ4n) is 1.41. The molecule has 82 valence electrons. The van der Waals surface area contributed by atoms with Crippen LogP contribution in [-0.2, 0) is 9.53 Å². The summed E-state index contributed by atoms with van der Waals surface area (Å²) in [6.45, 7) is 5.67. The van der Waals surface area contributed by atoms with Gasteiger partial charge in [-0.1, -0.05) is 13.8 Å². The maximum atomic E-state index is 10.8. The van der Waals surface area contributed by atoms with E-state index in [1.807, 2.05) is 0 Å². The van der Waals surface area contributed by atoms with Gasteiger partial charge < -0.3 is 9.84 Å². The normalized spacial score (nSPS) is 18.5. The molecule has 1 rings (SSSR count). The van der Waals surface area contributed by atoms with Gasteiger partial charge in [-0.15, -0.1) is 0 Å². The summed E-state index contributed by atoms with van der Waals surface area (Å²) < 4.78 is 5.41. The largest absolute Gasteiger partial charge is 0.481 e. The second-order valence-electron chi connectivity index (χ2n) is 4.63. The van der Waals surface area contributed by atoms with Crippen LogP contribution in [0.5, 0.6) is 0 Å². The second kappa shape index (κ2) is 4.78. The highest BCUT2D eigenvalue weighted by molar-refractivity contribution is 5.77. The van der Waals surface area contributed by atoms with Crippen molar-refractivity contribution in [2.75, 3.05) is 13.2 Å². The predicted molar refractivity (Wildman–Crippen MR) is 54.2 cm³/mol. The maximum absolute atomic E-state index is 10.8. The van der Waals surface area contributed by atoms with Crippen LogP contribution in [0.15, 0.2) is 0 Å². The number of carboxylic acid groups (broad SMARTS) is 1. The van der Waals surface area contributed by atoms with Gasteiger partial charge in [-0.05, 0) is 31.6 Å². The van der Waals surface area contributed by atoms with Crippen molar-refractivity contribution in [3.05, 3.63) is 0 Å². The standard InChI is InChI=1S/C11H20O3/c1-9(2)3-7-14-8-6-11(4-5-11)10(12)13/h9H,3-8H2,1-2H3,(H,12,13). The molecule has 1 saturated carbocycles. The van der Waals surface area contributed by atoms with E-state index in [0.29, 0.717) is 18.9 Å². The van der Waals surface area contributed by atoms with Crippen molar-refractivity contribution < 1.29 is 14.6 Å². The first kappa shape index (κ1) is 11.5. The molecule has 0 bridgehead atoms. The van der Waals surface area contributed by atoms with Crippen molar-refractivity contribution in [1.29, 1.82) is 0 Å². The zero-order valence-electron chi connectivity index (χ0n) is 9.08. The second-order valence-corrected chi connectivity index (χ2v) is 4.63. The van der Waals surface area contributed by atoms with Gasteiger partial charge in [0.2, 0.25) is 0 Å². The Morgan fingerprint density at radius 1 is 1.43 bits per heavy atom. The summed E-state index contributed by atoms with van der Waals surface area (Å²) in [6, 6.07) is 0. The van der Waals surface area contributed by atoms with Crippen LogP contribution in [0.1, 0.15) is 39.5 Å². The van der Waals surface area contributed by atoms with Gasteiger partial charge in [-0.3, -0.25) is 4.79 Å². The molecule has 0 radical (unpaired) electrons. The van der Waals surface area contributed by atoms with Crippen molar-refractivity contribution in [3.8, 4) is 0 Å². The van der Waals surface area contributed by atoms with Crippen molar-refractivity contribution in [2.24, 2.45) is 11.3 Å². The molecule has 3 heteroatoms. The number of rotatable bonds is 7. The first-order valence-electron chi connectivity index (χ1n) is 5.38. The smallest absolute Gasteiger partial charge is 0.309 e. The molecule has 0 saturated heterocycles. The monoisotopic (exact) mass is 200 g/mol. The van der Waals surface area contributed by atoms with E-state index < -0.39 is 11.4 Å². The lowest BCUT2D eigenvalue weighted by Gasteiger charge is -2.10. The maximum Gasteiger partial charge on any atom is 0.309 e. The van der Waals surface area contributed by atoms with Crippen LogP contribution in [0.4, 0.5) is 0 Å². The van der Waals surface area contributed by atoms with Crippen LogP contribution in [0.25, 0.3) is 0 Å². The molecule has 1 fully saturated rings. The van der Waals surface area contributed by atoms with Gasteiger partial charge in [0.25, 0.3) is 0 Å². The SMILES string of the molecule is CC(C)CCOCCC1(C(=O)O)CC1. The molecule has 1 N–H and O–H groups in total. The highest BCUT2D eigenvalue weighted by atomic mass is 16.5. The van der Waals surface area contributed by atoms with Crippen molar-refractivity contribution in [1.82, 2.24) is 0 Å². The highest BCUT2D eigenvalue weighted by Crippen LogP contribution is 2.48. The van der Waals surface area contributed by atoms with Gasteiger partial charge in [0.15, 0.2) is 0 Å². The van der Waals surface area contributed by atoms with E-state index in [1.165, 1.54) is 0 Å². The Kier molecular flexibility index (Phi) is 3.93. The van der Waals surface area contributed by atoms with Crippen LogP contribution in [0.2, 0.25) is 0 Å². The zero-order valence-corrected chi connectivity index (χ0v) is 9.08. The minimum absolute atomic E-state index is 0.419. The Morgan fingerprint density at radius 2 is 2.07 bits per heavy atom. The minimum atomic E-state index is -0.648. The van der Waals surface area contributed by atoms with Crippen LogP contribution in [0.3, 0.4) is 0 Å². The van der Waals surface area contributed by atoms with Gasteiger partial charge >= 0.3 is 5.97 Å². The Morgan fingerprint density at radius 3 is 2.50 bits per heavy atom. The van der Waals surface area contributed by atoms with Crippen molar-refractivity contribution >= 4 is 5.97 Å². The molecular weight excluding hydrogens is 180 g/mol. The first-order chi connectivity index (χ1) is 6.57. The highest BCUT2D eigenvalue weighted by Gasteiger charge is 2.49. The Bertz CT molecular complexity index is 195. The van der Waals surface area contributed by atoms with E-state index in [4.69, 9.17) is 9.84 Å². The summed E-state index contributed by atoms with van der Waals surface area (Å²) in [5.41, 5.74) is -0.419. The fraction of sp³-hybridized carbons (Fsp3) is 0.909. The molecule has 1 aliphatic carbocycles. The van der Waals surface area contributed by atoms with E-state index in [1.54, 1.807) is 0 Å². The Labute approximate surface area is 85.5 Å². The predicted octanol–water partition coefficient (Wildman–Crippen LogP) is 2.30. The van der Waals surface area contributed by atoms with Crippen LogP contribution >= 0.6 is 0 Å². The number of hydrogen-bond donors (Lipinski definition) is 1. The molecule has 0 aromatic rings. The van der Waals surface area contributed by atoms with Gasteiger partial charge in [0.05, 0.1) is 5.41 Å². The van der Waals surface area contributed by atoms with E-state index in [0.717, 1.165) is 25.9 Å². The third kappa shape index (κ3) is 3.29. The summed E-state index contributed by atoms with van der Waals surface area (Å²) in [7, 11) is 0. The summed E-state index contributed by atoms with van der Waals surface area (Å²) in [5.74, 6) is 0.00863. The van der Waals surface area contributed by atoms with Crippen LogP contribution < -0.4 is 0 Å². The molecule has 0 atom stereocenters. The van der Waals surface area contributed by atoms with Gasteiger partial charge in [0.1, 0.15) is 0 Å². The molecule has 0 aromatic carbocycles. The topological polar surface area (TPSA) is 46.5 Å². The van der Waals surface area contributed by atoms with Crippen molar-refractivity contribution in [2.45, 2.75) is 39.5 Å². The van der Waals surface area contributed by atoms with Gasteiger partial charge in [0, 0.05) is 13.2 Å². The average molecular weight is 200 g/mol. The Balaban J connectivity index is 2.02. The lowest BCUT2D eigenvalue weighted by molar-refractivity contribution is -0.144. The molecule has 0 spiro atoms. The van der Waals surface area contributed by atoms with Gasteiger partial charge in [-0.25, -0.2) is 0 Å². The average Bonchev–Trinajstić information content (AvgIpc) is 2.84. The van der Waals surface area contributed by atoms with Gasteiger partial charge in [-0.2, -0.15) is 0 Å². The van der Waals surface area contributed by atoms with Crippen molar-refractivity contribution in [3.63, 3.8) is 0 Å². The summed E-state index contributed by atoms with van der Waals surface area (Å²) in [6.07, 6.45) is 3.40. The Hall–Kier alpha value is -0.570. The molecule has 1 aliphatic rings. The number of hydrogen-bond acceptors (Lipinski definition) is 2. The van der Waals surface area contributed by atoms with Crippen LogP contribution in [-0.4, -0.2) is 24.3 Å². The summed E-state index contributed by atoms with van der Waals surface area (Å²) in [5, 5.41) is 8.89. The third-order valence-corrected chi connectivity index (χ3v) is 2.87. The first-order valence-corrected chi connectivity index (χ1v) is 5.38. The van der Waals surface area contributed by atoms with E-state index >= 15 is 0 Å². The van der Waals surface area contributed by atoms with E-state index in [9.17, 15) is 4.79 Å². The number of ether oxygens (including phenoxy) is 1. The minimum Gasteiger partial charge on any atom is -0.481 e. The third-order valence-electron chi connectivity index (χ3n) is 2.87. The summed E-state index contributed by atoms with van der Waals surface area (Å²) >= 11 is 0. The number of aliphatic carboxylic acids is 1. The molecule has 0 aromatic heterocycles.